The second-order valence-electron chi connectivity index (χ2n) is 17.7. The van der Waals surface area contributed by atoms with Gasteiger partial charge in [0.25, 0.3) is 0 Å². The third-order valence-corrected chi connectivity index (χ3v) is 14.1. The molecule has 21 heteroatoms. The van der Waals surface area contributed by atoms with Gasteiger partial charge in [0.1, 0.15) is 30.7 Å². The number of esters is 2. The largest absolute Gasteiger partial charge is 0.481 e. The minimum atomic E-state index is -5.44. The fourth-order valence-corrected chi connectivity index (χ4v) is 9.51. The minimum absolute atomic E-state index is 0.0398. The Morgan fingerprint density at radius 2 is 1.27 bits per heavy atom. The Balaban J connectivity index is 1.43. The molecule has 0 aromatic carbocycles. The van der Waals surface area contributed by atoms with Crippen LogP contribution in [0.3, 0.4) is 0 Å². The lowest BCUT2D eigenvalue weighted by Gasteiger charge is -2.21. The van der Waals surface area contributed by atoms with E-state index in [1.54, 1.807) is 0 Å². The van der Waals surface area contributed by atoms with E-state index in [1.807, 2.05) is 12.2 Å². The Morgan fingerprint density at radius 3 is 1.97 bits per heavy atom. The number of nitrogens with two attached hydrogens (primary N) is 1. The summed E-state index contributed by atoms with van der Waals surface area (Å²) < 4.78 is 62.5. The van der Waals surface area contributed by atoms with Crippen LogP contribution >= 0.6 is 15.6 Å². The smallest absolute Gasteiger partial charge is 0.462 e. The molecular weight excluding hydrogens is 961 g/mol. The first-order valence-electron chi connectivity index (χ1n) is 25.4. The van der Waals surface area contributed by atoms with Crippen LogP contribution in [0.2, 0.25) is 0 Å². The number of allylic oxidation sites excluding steroid dienone is 8. The lowest BCUT2D eigenvalue weighted by molar-refractivity contribution is -0.161. The van der Waals surface area contributed by atoms with Gasteiger partial charge in [-0.1, -0.05) is 126 Å². The zero-order valence-electron chi connectivity index (χ0n) is 41.7. The number of carbonyl (C=O) groups is 2. The van der Waals surface area contributed by atoms with E-state index in [0.717, 1.165) is 75.0 Å². The standard InChI is InChI=1S/C50H81N3O16P2/c1-3-5-7-9-11-13-14-15-16-17-18-20-22-24-29-33-45(54)63-37-40(66-46(55)34-30-26-25-28-32-42-41(67-42)31-27-23-21-19-12-10-8-6-4-2)38-64-70(59,60)69-71(61,62)65-39-43-47(56)48(57)49(68-43)53-36-35-44(51)52-50(53)58/h12-16,19,23,25,27-28,35-36,40-43,47-49,56-57H,3-11,17-18,20-22,24,26,29-34,37-39H2,1-2H3,(H,59,60)(H,61,62)(H2,51,52,58)/b14-13-,16-15-,19-12-,27-23-,28-25-/t40-,41?,42?,43-,47-,48-,49-/m1/s1. The van der Waals surface area contributed by atoms with Crippen molar-refractivity contribution in [2.75, 3.05) is 25.6 Å². The van der Waals surface area contributed by atoms with Gasteiger partial charge in [-0.3, -0.25) is 23.2 Å². The Labute approximate surface area is 419 Å². The highest BCUT2D eigenvalue weighted by Crippen LogP contribution is 2.60. The van der Waals surface area contributed by atoms with Crippen molar-refractivity contribution in [2.24, 2.45) is 0 Å². The number of nitrogens with zero attached hydrogens (tertiary/aromatic N) is 2. The van der Waals surface area contributed by atoms with Crippen LogP contribution in [-0.2, 0) is 51.0 Å². The van der Waals surface area contributed by atoms with Gasteiger partial charge in [0, 0.05) is 19.0 Å². The number of aliphatic hydroxyl groups excluding tert-OH is 2. The highest BCUT2D eigenvalue weighted by atomic mass is 31.3. The number of nitrogen functional groups attached to an aromatic ring is 1. The molecule has 0 bridgehead atoms. The molecule has 3 heterocycles. The Morgan fingerprint density at radius 1 is 0.704 bits per heavy atom. The molecule has 9 atom stereocenters. The van der Waals surface area contributed by atoms with Crippen LogP contribution < -0.4 is 11.4 Å². The molecule has 1 aromatic heterocycles. The zero-order chi connectivity index (χ0) is 51.7. The van der Waals surface area contributed by atoms with E-state index in [4.69, 9.17) is 33.7 Å². The van der Waals surface area contributed by atoms with Gasteiger partial charge in [0.05, 0.1) is 25.4 Å². The van der Waals surface area contributed by atoms with Gasteiger partial charge in [-0.25, -0.2) is 13.9 Å². The van der Waals surface area contributed by atoms with Crippen molar-refractivity contribution in [3.8, 4) is 0 Å². The van der Waals surface area contributed by atoms with Gasteiger partial charge in [0.2, 0.25) is 0 Å². The van der Waals surface area contributed by atoms with E-state index in [1.165, 1.54) is 51.0 Å². The van der Waals surface area contributed by atoms with Crippen molar-refractivity contribution in [3.05, 3.63) is 83.5 Å². The number of hydrogen-bond donors (Lipinski definition) is 5. The monoisotopic (exact) mass is 1040 g/mol. The number of ether oxygens (including phenoxy) is 4. The van der Waals surface area contributed by atoms with E-state index in [2.05, 4.69) is 71.8 Å². The summed E-state index contributed by atoms with van der Waals surface area (Å²) in [7, 11) is -10.9. The predicted octanol–water partition coefficient (Wildman–Crippen LogP) is 9.32. The fraction of sp³-hybridized carbons (Fsp3) is 0.680. The summed E-state index contributed by atoms with van der Waals surface area (Å²) in [6, 6.07) is 1.24. The molecule has 0 amide bonds. The number of aliphatic hydroxyl groups is 2. The Kier molecular flexibility index (Phi) is 30.9. The lowest BCUT2D eigenvalue weighted by Crippen LogP contribution is -2.36. The first-order chi connectivity index (χ1) is 34.1. The number of aromatic nitrogens is 2. The molecule has 4 unspecified atom stereocenters. The van der Waals surface area contributed by atoms with Crippen LogP contribution in [0, 0.1) is 0 Å². The number of carbonyl (C=O) groups excluding carboxylic acids is 2. The van der Waals surface area contributed by atoms with Crippen LogP contribution in [0.1, 0.15) is 161 Å². The van der Waals surface area contributed by atoms with E-state index in [0.29, 0.717) is 19.3 Å². The third-order valence-electron chi connectivity index (χ3n) is 11.5. The summed E-state index contributed by atoms with van der Waals surface area (Å²) in [6.07, 6.45) is 34.7. The van der Waals surface area contributed by atoms with Gasteiger partial charge in [0.15, 0.2) is 12.3 Å². The van der Waals surface area contributed by atoms with Crippen molar-refractivity contribution >= 4 is 33.4 Å². The van der Waals surface area contributed by atoms with E-state index < -0.39 is 83.7 Å². The first kappa shape index (κ1) is 61.7. The molecule has 0 aliphatic carbocycles. The summed E-state index contributed by atoms with van der Waals surface area (Å²) >= 11 is 0. The molecule has 0 spiro atoms. The maximum atomic E-state index is 12.9. The molecule has 2 aliphatic heterocycles. The van der Waals surface area contributed by atoms with Gasteiger partial charge < -0.3 is 44.7 Å². The molecule has 71 heavy (non-hydrogen) atoms. The predicted molar refractivity (Wildman–Crippen MR) is 270 cm³/mol. The summed E-state index contributed by atoms with van der Waals surface area (Å²) in [4.78, 5) is 61.9. The number of phosphoric acid groups is 2. The van der Waals surface area contributed by atoms with Crippen LogP contribution in [0.5, 0.6) is 0 Å². The van der Waals surface area contributed by atoms with Gasteiger partial charge in [-0.2, -0.15) is 9.29 Å². The number of epoxide rings is 1. The average Bonchev–Trinajstić information content (AvgIpc) is 4.02. The van der Waals surface area contributed by atoms with E-state index in [9.17, 15) is 43.5 Å². The van der Waals surface area contributed by atoms with Crippen molar-refractivity contribution < 1.29 is 71.0 Å². The van der Waals surface area contributed by atoms with Crippen LogP contribution in [-0.4, -0.2) is 97.9 Å². The summed E-state index contributed by atoms with van der Waals surface area (Å²) in [5, 5.41) is 20.9. The average molecular weight is 1040 g/mol. The molecule has 0 radical (unpaired) electrons. The van der Waals surface area contributed by atoms with Crippen molar-refractivity contribution in [1.82, 2.24) is 9.55 Å². The van der Waals surface area contributed by atoms with Gasteiger partial charge in [-0.05, 0) is 83.1 Å². The molecule has 2 saturated heterocycles. The van der Waals surface area contributed by atoms with E-state index in [-0.39, 0.29) is 30.9 Å². The summed E-state index contributed by atoms with van der Waals surface area (Å²) in [5.74, 6) is -1.40. The molecular formula is C50H81N3O16P2. The molecule has 6 N–H and O–H groups in total. The topological polar surface area (TPSA) is 278 Å². The molecule has 19 nitrogen and oxygen atoms in total. The summed E-state index contributed by atoms with van der Waals surface area (Å²) in [6.45, 7) is 2.02. The van der Waals surface area contributed by atoms with Gasteiger partial charge in [-0.15, -0.1) is 0 Å². The van der Waals surface area contributed by atoms with Crippen molar-refractivity contribution in [2.45, 2.75) is 198 Å². The maximum Gasteiger partial charge on any atom is 0.481 e. The second-order valence-corrected chi connectivity index (χ2v) is 20.8. The maximum absolute atomic E-state index is 12.9. The zero-order valence-corrected chi connectivity index (χ0v) is 43.5. The molecule has 0 saturated carbocycles. The third kappa shape index (κ3) is 27.9. The minimum Gasteiger partial charge on any atom is -0.462 e. The molecule has 402 valence electrons. The molecule has 3 rings (SSSR count). The van der Waals surface area contributed by atoms with E-state index >= 15 is 0 Å². The molecule has 2 aliphatic rings. The second kappa shape index (κ2) is 35.6. The van der Waals surface area contributed by atoms with Crippen LogP contribution in [0.25, 0.3) is 0 Å². The number of anilines is 1. The molecule has 2 fully saturated rings. The SMILES string of the molecule is CCCCC/C=C\C/C=C\CC1OC1C/C=C\CCCC(=O)O[C@H](COC(=O)CCCCCCC/C=C\C=C/CCCCCC)COP(=O)(O)OP(=O)(O)OC[C@H]1O[C@@H](n2ccc(N)nc2=O)[C@H](O)[C@@H]1O. The highest BCUT2D eigenvalue weighted by molar-refractivity contribution is 7.61. The fourth-order valence-electron chi connectivity index (χ4n) is 7.40. The van der Waals surface area contributed by atoms with Crippen LogP contribution in [0.15, 0.2) is 77.8 Å². The number of unbranched alkanes of at least 4 members (excludes halogenated alkanes) is 13. The lowest BCUT2D eigenvalue weighted by atomic mass is 10.1. The normalized spacial score (nSPS) is 22.5. The number of rotatable bonds is 40. The highest BCUT2D eigenvalue weighted by Gasteiger charge is 2.46. The molecule has 1 aromatic rings. The Bertz CT molecular complexity index is 1990. The van der Waals surface area contributed by atoms with Crippen molar-refractivity contribution in [1.29, 1.82) is 0 Å². The van der Waals surface area contributed by atoms with Gasteiger partial charge >= 0.3 is 33.3 Å². The number of phosphoric ester groups is 2. The Hall–Kier alpha value is -3.58. The van der Waals surface area contributed by atoms with Crippen molar-refractivity contribution in [3.63, 3.8) is 0 Å². The first-order valence-corrected chi connectivity index (χ1v) is 28.4. The number of hydrogen-bond acceptors (Lipinski definition) is 16. The quantitative estimate of drug-likeness (QED) is 0.0102. The summed E-state index contributed by atoms with van der Waals surface area (Å²) in [5.41, 5.74) is 4.58. The van der Waals surface area contributed by atoms with Crippen LogP contribution in [0.4, 0.5) is 5.82 Å².